The zero-order valence-corrected chi connectivity index (χ0v) is 11.1. The van der Waals surface area contributed by atoms with Gasteiger partial charge in [0, 0.05) is 36.5 Å². The number of nitrogens with one attached hydrogen (secondary N) is 1. The third kappa shape index (κ3) is 2.40. The molecule has 3 nitrogen and oxygen atoms in total. The Kier molecular flexibility index (Phi) is 3.34. The molecular formula is C15H18FN3. The predicted octanol–water partition coefficient (Wildman–Crippen LogP) is 2.73. The summed E-state index contributed by atoms with van der Waals surface area (Å²) in [7, 11) is 1.98. The van der Waals surface area contributed by atoms with Crippen LogP contribution in [0.3, 0.4) is 0 Å². The summed E-state index contributed by atoms with van der Waals surface area (Å²) in [6.45, 7) is 0.561. The van der Waals surface area contributed by atoms with E-state index in [1.54, 1.807) is 6.07 Å². The van der Waals surface area contributed by atoms with Crippen molar-refractivity contribution in [1.29, 1.82) is 0 Å². The molecule has 1 unspecified atom stereocenters. The lowest BCUT2D eigenvalue weighted by Gasteiger charge is -2.24. The molecule has 1 heterocycles. The van der Waals surface area contributed by atoms with Crippen molar-refractivity contribution in [2.45, 2.75) is 31.8 Å². The topological polar surface area (TPSA) is 29.9 Å². The number of benzene rings is 1. The monoisotopic (exact) mass is 259 g/mol. The van der Waals surface area contributed by atoms with E-state index in [9.17, 15) is 4.39 Å². The molecule has 1 aliphatic carbocycles. The molecule has 1 aromatic carbocycles. The molecule has 4 heteroatoms. The number of hydrogen-bond acceptors (Lipinski definition) is 2. The fraction of sp³-hybridized carbons (Fsp3) is 0.400. The van der Waals surface area contributed by atoms with E-state index >= 15 is 0 Å². The molecule has 19 heavy (non-hydrogen) atoms. The third-order valence-corrected chi connectivity index (χ3v) is 3.87. The Balaban J connectivity index is 1.73. The first-order valence-corrected chi connectivity index (χ1v) is 6.73. The van der Waals surface area contributed by atoms with Crippen molar-refractivity contribution in [2.75, 3.05) is 0 Å². The van der Waals surface area contributed by atoms with Gasteiger partial charge in [0.2, 0.25) is 0 Å². The standard InChI is InChI=1S/C15H18FN3/c1-19-15-8-4-7-14(12(15)10-18-19)17-9-11-5-2-3-6-13(11)16/h2-3,5-6,10,14,17H,4,7-9H2,1H3. The summed E-state index contributed by atoms with van der Waals surface area (Å²) in [6.07, 6.45) is 5.27. The van der Waals surface area contributed by atoms with Crippen molar-refractivity contribution < 1.29 is 4.39 Å². The number of aryl methyl sites for hydroxylation is 1. The highest BCUT2D eigenvalue weighted by Crippen LogP contribution is 2.29. The molecule has 0 saturated heterocycles. The maximum Gasteiger partial charge on any atom is 0.127 e. The Bertz CT molecular complexity index is 577. The quantitative estimate of drug-likeness (QED) is 0.918. The molecule has 1 N–H and O–H groups in total. The van der Waals surface area contributed by atoms with E-state index in [1.165, 1.54) is 17.3 Å². The second-order valence-electron chi connectivity index (χ2n) is 5.09. The fourth-order valence-corrected chi connectivity index (χ4v) is 2.79. The second-order valence-corrected chi connectivity index (χ2v) is 5.09. The summed E-state index contributed by atoms with van der Waals surface area (Å²) in [5.41, 5.74) is 3.29. The Labute approximate surface area is 112 Å². The van der Waals surface area contributed by atoms with Gasteiger partial charge >= 0.3 is 0 Å². The first kappa shape index (κ1) is 12.4. The highest BCUT2D eigenvalue weighted by molar-refractivity contribution is 5.25. The van der Waals surface area contributed by atoms with Gasteiger partial charge in [0.15, 0.2) is 0 Å². The number of aromatic nitrogens is 2. The van der Waals surface area contributed by atoms with Crippen molar-refractivity contribution in [2.24, 2.45) is 7.05 Å². The average molecular weight is 259 g/mol. The van der Waals surface area contributed by atoms with Gasteiger partial charge in [-0.05, 0) is 25.3 Å². The van der Waals surface area contributed by atoms with Crippen LogP contribution in [0.25, 0.3) is 0 Å². The molecule has 2 aromatic rings. The fourth-order valence-electron chi connectivity index (χ4n) is 2.79. The average Bonchev–Trinajstić information content (AvgIpc) is 2.81. The first-order chi connectivity index (χ1) is 9.25. The number of hydrogen-bond donors (Lipinski definition) is 1. The first-order valence-electron chi connectivity index (χ1n) is 6.73. The lowest BCUT2D eigenvalue weighted by atomic mass is 9.93. The normalized spacial score (nSPS) is 18.3. The molecule has 0 fully saturated rings. The third-order valence-electron chi connectivity index (χ3n) is 3.87. The largest absolute Gasteiger partial charge is 0.306 e. The molecule has 0 amide bonds. The van der Waals surface area contributed by atoms with Gasteiger partial charge < -0.3 is 5.32 Å². The summed E-state index contributed by atoms with van der Waals surface area (Å²) in [6, 6.07) is 7.22. The number of halogens is 1. The Morgan fingerprint density at radius 2 is 2.26 bits per heavy atom. The number of fused-ring (bicyclic) bond motifs is 1. The second kappa shape index (κ2) is 5.13. The number of rotatable bonds is 3. The Hall–Kier alpha value is -1.68. The van der Waals surface area contributed by atoms with Gasteiger partial charge in [-0.15, -0.1) is 0 Å². The zero-order valence-electron chi connectivity index (χ0n) is 11.1. The van der Waals surface area contributed by atoms with E-state index < -0.39 is 0 Å². The molecular weight excluding hydrogens is 241 g/mol. The maximum atomic E-state index is 13.6. The zero-order chi connectivity index (χ0) is 13.2. The molecule has 1 atom stereocenters. The minimum Gasteiger partial charge on any atom is -0.306 e. The summed E-state index contributed by atoms with van der Waals surface area (Å²) in [5.74, 6) is -0.141. The van der Waals surface area contributed by atoms with Crippen LogP contribution in [0.5, 0.6) is 0 Å². The van der Waals surface area contributed by atoms with E-state index in [0.29, 0.717) is 6.54 Å². The van der Waals surface area contributed by atoms with Crippen LogP contribution in [0, 0.1) is 5.82 Å². The van der Waals surface area contributed by atoms with E-state index in [4.69, 9.17) is 0 Å². The molecule has 0 aliphatic heterocycles. The predicted molar refractivity (Wildman–Crippen MR) is 72.1 cm³/mol. The van der Waals surface area contributed by atoms with Crippen LogP contribution in [-0.4, -0.2) is 9.78 Å². The summed E-state index contributed by atoms with van der Waals surface area (Å²) in [5, 5.41) is 7.78. The molecule has 0 bridgehead atoms. The minimum atomic E-state index is -0.141. The highest BCUT2D eigenvalue weighted by atomic mass is 19.1. The van der Waals surface area contributed by atoms with Crippen LogP contribution < -0.4 is 5.32 Å². The maximum absolute atomic E-state index is 13.6. The highest BCUT2D eigenvalue weighted by Gasteiger charge is 2.22. The van der Waals surface area contributed by atoms with Crippen LogP contribution in [0.4, 0.5) is 4.39 Å². The van der Waals surface area contributed by atoms with Crippen LogP contribution in [-0.2, 0) is 20.0 Å². The van der Waals surface area contributed by atoms with Gasteiger partial charge in [0.25, 0.3) is 0 Å². The van der Waals surface area contributed by atoms with Crippen LogP contribution in [0.15, 0.2) is 30.5 Å². The summed E-state index contributed by atoms with van der Waals surface area (Å²) >= 11 is 0. The van der Waals surface area contributed by atoms with Crippen molar-refractivity contribution in [3.05, 3.63) is 53.1 Å². The Morgan fingerprint density at radius 1 is 1.42 bits per heavy atom. The molecule has 0 spiro atoms. The van der Waals surface area contributed by atoms with Gasteiger partial charge in [-0.25, -0.2) is 4.39 Å². The van der Waals surface area contributed by atoms with Crippen LogP contribution >= 0.6 is 0 Å². The van der Waals surface area contributed by atoms with E-state index in [2.05, 4.69) is 10.4 Å². The van der Waals surface area contributed by atoms with Crippen LogP contribution in [0.1, 0.15) is 35.7 Å². The lowest BCUT2D eigenvalue weighted by molar-refractivity contribution is 0.446. The van der Waals surface area contributed by atoms with Gasteiger partial charge in [0.1, 0.15) is 5.82 Å². The molecule has 1 aliphatic rings. The van der Waals surface area contributed by atoms with Crippen LogP contribution in [0.2, 0.25) is 0 Å². The van der Waals surface area contributed by atoms with E-state index in [-0.39, 0.29) is 11.9 Å². The van der Waals surface area contributed by atoms with Crippen molar-refractivity contribution >= 4 is 0 Å². The minimum absolute atomic E-state index is 0.141. The van der Waals surface area contributed by atoms with Crippen molar-refractivity contribution in [1.82, 2.24) is 15.1 Å². The molecule has 1 aromatic heterocycles. The number of nitrogens with zero attached hydrogens (tertiary/aromatic N) is 2. The summed E-state index contributed by atoms with van der Waals surface area (Å²) < 4.78 is 15.5. The smallest absolute Gasteiger partial charge is 0.127 e. The van der Waals surface area contributed by atoms with Gasteiger partial charge in [-0.2, -0.15) is 5.10 Å². The lowest BCUT2D eigenvalue weighted by Crippen LogP contribution is -2.25. The van der Waals surface area contributed by atoms with Gasteiger partial charge in [-0.3, -0.25) is 4.68 Å². The summed E-state index contributed by atoms with van der Waals surface area (Å²) in [4.78, 5) is 0. The van der Waals surface area contributed by atoms with Gasteiger partial charge in [-0.1, -0.05) is 18.2 Å². The van der Waals surface area contributed by atoms with E-state index in [0.717, 1.165) is 24.8 Å². The van der Waals surface area contributed by atoms with Crippen molar-refractivity contribution in [3.63, 3.8) is 0 Å². The SMILES string of the molecule is Cn1ncc2c1CCCC2NCc1ccccc1F. The van der Waals surface area contributed by atoms with E-state index in [1.807, 2.05) is 30.1 Å². The molecule has 0 saturated carbocycles. The molecule has 0 radical (unpaired) electrons. The molecule has 3 rings (SSSR count). The molecule has 100 valence electrons. The van der Waals surface area contributed by atoms with Crippen molar-refractivity contribution in [3.8, 4) is 0 Å². The Morgan fingerprint density at radius 3 is 3.11 bits per heavy atom. The van der Waals surface area contributed by atoms with Gasteiger partial charge in [0.05, 0.1) is 6.20 Å².